The van der Waals surface area contributed by atoms with Crippen LogP contribution in [-0.2, 0) is 16.6 Å². The van der Waals surface area contributed by atoms with Crippen molar-refractivity contribution >= 4 is 55.4 Å². The van der Waals surface area contributed by atoms with Gasteiger partial charge < -0.3 is 14.8 Å². The highest BCUT2D eigenvalue weighted by atomic mass is 35.5. The summed E-state index contributed by atoms with van der Waals surface area (Å²) in [5.41, 5.74) is 1.63. The predicted molar refractivity (Wildman–Crippen MR) is 150 cm³/mol. The molecule has 0 radical (unpaired) electrons. The van der Waals surface area contributed by atoms with E-state index in [9.17, 15) is 8.42 Å². The van der Waals surface area contributed by atoms with Crippen LogP contribution in [0, 0.1) is 5.82 Å². The molecule has 1 aromatic heterocycles. The van der Waals surface area contributed by atoms with Crippen molar-refractivity contribution in [2.75, 3.05) is 23.8 Å². The van der Waals surface area contributed by atoms with Gasteiger partial charge in [-0.25, -0.2) is 22.1 Å². The van der Waals surface area contributed by atoms with Crippen molar-refractivity contribution in [3.05, 3.63) is 93.2 Å². The number of thiazole rings is 1. The number of nitrogens with one attached hydrogen (secondary N) is 1. The van der Waals surface area contributed by atoms with E-state index in [0.717, 1.165) is 33.3 Å². The molecule has 0 bridgehead atoms. The predicted octanol–water partition coefficient (Wildman–Crippen LogP) is 7.17. The summed E-state index contributed by atoms with van der Waals surface area (Å²) in [5.74, 6) is -0.00483. The highest BCUT2D eigenvalue weighted by Crippen LogP contribution is 2.36. The van der Waals surface area contributed by atoms with E-state index in [2.05, 4.69) is 10.3 Å². The Morgan fingerprint density at radius 1 is 1.11 bits per heavy atom. The molecular weight excluding hydrogens is 572 g/mol. The molecule has 0 aliphatic rings. The van der Waals surface area contributed by atoms with Gasteiger partial charge in [0.2, 0.25) is 0 Å². The summed E-state index contributed by atoms with van der Waals surface area (Å²) in [7, 11) is -1.45. The molecule has 3 aromatic carbocycles. The van der Waals surface area contributed by atoms with Crippen molar-refractivity contribution in [1.82, 2.24) is 4.98 Å². The van der Waals surface area contributed by atoms with E-state index in [1.165, 1.54) is 20.4 Å². The van der Waals surface area contributed by atoms with E-state index < -0.39 is 20.7 Å². The molecule has 0 fully saturated rings. The Morgan fingerprint density at radius 2 is 1.89 bits per heavy atom. The smallest absolute Gasteiger partial charge is 0.269 e. The number of nitrogens with zero attached hydrogens (tertiary/aromatic N) is 2. The van der Waals surface area contributed by atoms with E-state index in [1.54, 1.807) is 41.8 Å². The summed E-state index contributed by atoms with van der Waals surface area (Å²) in [6.45, 7) is 1.70. The highest BCUT2D eigenvalue weighted by Gasteiger charge is 2.32. The lowest BCUT2D eigenvalue weighted by molar-refractivity contribution is 0.391. The molecule has 200 valence electrons. The van der Waals surface area contributed by atoms with E-state index in [4.69, 9.17) is 32.7 Å². The SMILES string of the molecule is COc1ccc(CN(c2nccs2)S(=O)(=O)c2cc(Cl)c(N[C@@H](C)c3cccc(Cl)c3)cc2F)c(OC)c1. The normalized spacial score (nSPS) is 12.2. The zero-order valence-corrected chi connectivity index (χ0v) is 23.8. The minimum atomic E-state index is -4.43. The fraction of sp³-hybridized carbons (Fsp3) is 0.192. The van der Waals surface area contributed by atoms with Gasteiger partial charge in [-0.05, 0) is 48.9 Å². The fourth-order valence-corrected chi connectivity index (χ4v) is 6.60. The topological polar surface area (TPSA) is 80.8 Å². The number of benzene rings is 3. The molecule has 0 saturated heterocycles. The fourth-order valence-electron chi connectivity index (χ4n) is 3.78. The average molecular weight is 597 g/mol. The number of sulfonamides is 1. The van der Waals surface area contributed by atoms with Gasteiger partial charge in [-0.1, -0.05) is 35.3 Å². The third-order valence-corrected chi connectivity index (χ3v) is 8.96. The van der Waals surface area contributed by atoms with Crippen molar-refractivity contribution in [2.24, 2.45) is 0 Å². The Labute approximate surface area is 234 Å². The second-order valence-corrected chi connectivity index (χ2v) is 11.7. The molecule has 4 rings (SSSR count). The van der Waals surface area contributed by atoms with Crippen molar-refractivity contribution in [3.63, 3.8) is 0 Å². The summed E-state index contributed by atoms with van der Waals surface area (Å²) in [4.78, 5) is 3.59. The van der Waals surface area contributed by atoms with Gasteiger partial charge in [0.1, 0.15) is 22.2 Å². The lowest BCUT2D eigenvalue weighted by atomic mass is 10.1. The van der Waals surface area contributed by atoms with Crippen LogP contribution in [0.4, 0.5) is 15.2 Å². The van der Waals surface area contributed by atoms with Crippen LogP contribution in [-0.4, -0.2) is 27.6 Å². The molecule has 1 heterocycles. The molecule has 0 aliphatic heterocycles. The van der Waals surface area contributed by atoms with Crippen molar-refractivity contribution < 1.29 is 22.3 Å². The molecule has 12 heteroatoms. The molecule has 0 spiro atoms. The quantitative estimate of drug-likeness (QED) is 0.209. The molecule has 0 aliphatic carbocycles. The zero-order valence-electron chi connectivity index (χ0n) is 20.6. The average Bonchev–Trinajstić information content (AvgIpc) is 3.43. The van der Waals surface area contributed by atoms with E-state index in [1.807, 2.05) is 13.0 Å². The Balaban J connectivity index is 1.70. The number of hydrogen-bond donors (Lipinski definition) is 1. The second kappa shape index (κ2) is 11.8. The maximum Gasteiger partial charge on any atom is 0.269 e. The first kappa shape index (κ1) is 28.0. The number of methoxy groups -OCH3 is 2. The number of aromatic nitrogens is 1. The van der Waals surface area contributed by atoms with Gasteiger partial charge in [0, 0.05) is 34.3 Å². The van der Waals surface area contributed by atoms with Crippen LogP contribution in [0.5, 0.6) is 11.5 Å². The lowest BCUT2D eigenvalue weighted by Gasteiger charge is -2.24. The first-order chi connectivity index (χ1) is 18.1. The Kier molecular flexibility index (Phi) is 8.67. The van der Waals surface area contributed by atoms with Crippen molar-refractivity contribution in [1.29, 1.82) is 0 Å². The number of anilines is 2. The van der Waals surface area contributed by atoms with Gasteiger partial charge in [-0.3, -0.25) is 0 Å². The molecule has 0 saturated carbocycles. The van der Waals surface area contributed by atoms with Crippen LogP contribution in [0.3, 0.4) is 0 Å². The summed E-state index contributed by atoms with van der Waals surface area (Å²) in [5, 5.41) is 5.52. The summed E-state index contributed by atoms with van der Waals surface area (Å²) >= 11 is 13.6. The third kappa shape index (κ3) is 5.99. The summed E-state index contributed by atoms with van der Waals surface area (Å²) < 4.78 is 54.8. The molecule has 7 nitrogen and oxygen atoms in total. The molecule has 4 aromatic rings. The molecular formula is C26H24Cl2FN3O4S2. The molecule has 0 amide bonds. The first-order valence-corrected chi connectivity index (χ1v) is 14.4. The maximum atomic E-state index is 15.4. The van der Waals surface area contributed by atoms with E-state index in [-0.39, 0.29) is 28.4 Å². The minimum Gasteiger partial charge on any atom is -0.497 e. The Morgan fingerprint density at radius 3 is 2.55 bits per heavy atom. The first-order valence-electron chi connectivity index (χ1n) is 11.3. The third-order valence-electron chi connectivity index (χ3n) is 5.75. The van der Waals surface area contributed by atoms with Crippen LogP contribution in [0.2, 0.25) is 10.0 Å². The standard InChI is InChI=1S/C26H24Cl2FN3O4S2/c1-16(17-5-4-6-19(27)11-17)31-23-14-22(29)25(13-21(23)28)38(33,34)32(26-30-9-10-37-26)15-18-7-8-20(35-2)12-24(18)36-3/h4-14,16,31H,15H2,1-3H3/t16-/m0/s1. The van der Waals surface area contributed by atoms with Crippen molar-refractivity contribution in [2.45, 2.75) is 24.4 Å². The van der Waals surface area contributed by atoms with Crippen LogP contribution in [0.25, 0.3) is 0 Å². The van der Waals surface area contributed by atoms with Gasteiger partial charge in [0.15, 0.2) is 5.13 Å². The van der Waals surface area contributed by atoms with Gasteiger partial charge in [-0.2, -0.15) is 0 Å². The van der Waals surface area contributed by atoms with Crippen molar-refractivity contribution in [3.8, 4) is 11.5 Å². The van der Waals surface area contributed by atoms with Gasteiger partial charge in [0.25, 0.3) is 10.0 Å². The Bertz CT molecular complexity index is 1540. The number of rotatable bonds is 10. The van der Waals surface area contributed by atoms with Crippen LogP contribution >= 0.6 is 34.5 Å². The number of halogens is 3. The number of hydrogen-bond acceptors (Lipinski definition) is 7. The van der Waals surface area contributed by atoms with E-state index >= 15 is 4.39 Å². The maximum absolute atomic E-state index is 15.4. The molecule has 1 N–H and O–H groups in total. The monoisotopic (exact) mass is 595 g/mol. The molecule has 1 atom stereocenters. The van der Waals surface area contributed by atoms with Crippen LogP contribution in [0.1, 0.15) is 24.1 Å². The van der Waals surface area contributed by atoms with Gasteiger partial charge >= 0.3 is 0 Å². The highest BCUT2D eigenvalue weighted by molar-refractivity contribution is 7.93. The Hall–Kier alpha value is -3.05. The minimum absolute atomic E-state index is 0.0416. The van der Waals surface area contributed by atoms with Gasteiger partial charge in [0.05, 0.1) is 31.5 Å². The molecule has 0 unspecified atom stereocenters. The lowest BCUT2D eigenvalue weighted by Crippen LogP contribution is -2.31. The zero-order chi connectivity index (χ0) is 27.4. The summed E-state index contributed by atoms with van der Waals surface area (Å²) in [6, 6.07) is 14.1. The summed E-state index contributed by atoms with van der Waals surface area (Å²) in [6.07, 6.45) is 1.47. The largest absolute Gasteiger partial charge is 0.497 e. The van der Waals surface area contributed by atoms with Crippen LogP contribution < -0.4 is 19.1 Å². The number of ether oxygens (including phenoxy) is 2. The molecule has 38 heavy (non-hydrogen) atoms. The van der Waals surface area contributed by atoms with E-state index in [0.29, 0.717) is 22.1 Å². The van der Waals surface area contributed by atoms with Crippen LogP contribution in [0.15, 0.2) is 71.1 Å². The van der Waals surface area contributed by atoms with Gasteiger partial charge in [-0.15, -0.1) is 11.3 Å². The second-order valence-electron chi connectivity index (χ2n) is 8.19.